The van der Waals surface area contributed by atoms with E-state index in [1.807, 2.05) is 85.0 Å². The van der Waals surface area contributed by atoms with Crippen LogP contribution in [0, 0.1) is 6.92 Å². The maximum Gasteiger partial charge on any atom is 0.322 e. The minimum atomic E-state index is -0.692. The summed E-state index contributed by atoms with van der Waals surface area (Å²) >= 11 is 1.49. The van der Waals surface area contributed by atoms with Crippen LogP contribution in [-0.4, -0.2) is 53.2 Å². The molecule has 1 aliphatic heterocycles. The molecule has 3 rings (SSSR count). The van der Waals surface area contributed by atoms with Gasteiger partial charge in [0.15, 0.2) is 6.61 Å². The molecule has 0 spiro atoms. The zero-order valence-corrected chi connectivity index (χ0v) is 22.4. The van der Waals surface area contributed by atoms with E-state index in [1.54, 1.807) is 0 Å². The Hall–Kier alpha value is -2.84. The zero-order valence-electron chi connectivity index (χ0n) is 21.6. The molecule has 0 aromatic heterocycles. The fraction of sp³-hybridized carbons (Fsp3) is 0.444. The van der Waals surface area contributed by atoms with Gasteiger partial charge in [0.25, 0.3) is 5.91 Å². The monoisotopic (exact) mass is 497 g/mol. The van der Waals surface area contributed by atoms with Crippen molar-refractivity contribution < 1.29 is 19.1 Å². The van der Waals surface area contributed by atoms with E-state index in [4.69, 9.17) is 9.47 Å². The van der Waals surface area contributed by atoms with Gasteiger partial charge in [0, 0.05) is 11.4 Å². The molecule has 0 fully saturated rings. The molecular formula is C27H35N3O4S. The normalized spacial score (nSPS) is 14.6. The van der Waals surface area contributed by atoms with Crippen molar-refractivity contribution in [2.45, 2.75) is 63.3 Å². The summed E-state index contributed by atoms with van der Waals surface area (Å²) in [5, 5.41) is 5.86. The van der Waals surface area contributed by atoms with E-state index in [0.717, 1.165) is 21.7 Å². The van der Waals surface area contributed by atoms with E-state index in [0.29, 0.717) is 19.0 Å². The molecule has 2 aromatic carbocycles. The number of likely N-dealkylation sites (N-methyl/N-ethyl adjacent to an activating group) is 1. The third-order valence-corrected chi connectivity index (χ3v) is 6.29. The van der Waals surface area contributed by atoms with Crippen molar-refractivity contribution in [2.24, 2.45) is 5.10 Å². The maximum absolute atomic E-state index is 12.5. The number of amides is 1. The summed E-state index contributed by atoms with van der Waals surface area (Å²) in [5.74, 6) is 0.0783. The smallest absolute Gasteiger partial charge is 0.322 e. The Morgan fingerprint density at radius 3 is 2.43 bits per heavy atom. The van der Waals surface area contributed by atoms with Crippen LogP contribution in [0.4, 0.5) is 5.69 Å². The Kier molecular flexibility index (Phi) is 8.28. The summed E-state index contributed by atoms with van der Waals surface area (Å²) in [6.07, 6.45) is 0. The highest BCUT2D eigenvalue weighted by Gasteiger charge is 2.33. The Morgan fingerprint density at radius 2 is 1.80 bits per heavy atom. The van der Waals surface area contributed by atoms with Crippen LogP contribution >= 0.6 is 11.8 Å². The van der Waals surface area contributed by atoms with E-state index in [-0.39, 0.29) is 18.5 Å². The molecule has 0 unspecified atom stereocenters. The zero-order chi connectivity index (χ0) is 25.8. The molecule has 2 aromatic rings. The van der Waals surface area contributed by atoms with Crippen LogP contribution in [0.25, 0.3) is 0 Å². The van der Waals surface area contributed by atoms with Crippen molar-refractivity contribution in [1.29, 1.82) is 0 Å². The lowest BCUT2D eigenvalue weighted by Crippen LogP contribution is -2.40. The van der Waals surface area contributed by atoms with E-state index in [9.17, 15) is 9.59 Å². The van der Waals surface area contributed by atoms with Crippen molar-refractivity contribution in [3.05, 3.63) is 59.7 Å². The molecule has 0 saturated heterocycles. The van der Waals surface area contributed by atoms with Crippen molar-refractivity contribution in [2.75, 3.05) is 25.2 Å². The van der Waals surface area contributed by atoms with Gasteiger partial charge in [0.2, 0.25) is 5.90 Å². The SMILES string of the molecule is Cc1cccc(N2N=C(CN(C)Cc3ccc(SC(C)(C)C(=O)OC(C)(C)C)cc3)OCC2=O)c1. The number of benzene rings is 2. The number of hydrogen-bond acceptors (Lipinski definition) is 7. The van der Waals surface area contributed by atoms with Gasteiger partial charge in [-0.25, -0.2) is 0 Å². The molecule has 0 saturated carbocycles. The molecule has 0 atom stereocenters. The van der Waals surface area contributed by atoms with Gasteiger partial charge >= 0.3 is 5.97 Å². The number of esters is 1. The van der Waals surface area contributed by atoms with Gasteiger partial charge in [-0.15, -0.1) is 16.9 Å². The third kappa shape index (κ3) is 7.83. The Bertz CT molecular complexity index is 1090. The van der Waals surface area contributed by atoms with Crippen molar-refractivity contribution in [1.82, 2.24) is 4.90 Å². The molecule has 1 heterocycles. The first-order chi connectivity index (χ1) is 16.3. The number of rotatable bonds is 8. The van der Waals surface area contributed by atoms with Crippen molar-refractivity contribution in [3.8, 4) is 0 Å². The molecule has 35 heavy (non-hydrogen) atoms. The molecule has 7 nitrogen and oxygen atoms in total. The number of thioether (sulfide) groups is 1. The standard InChI is InChI=1S/C27H35N3O4S/c1-19-9-8-10-21(15-19)30-24(31)18-33-23(28-30)17-29(7)16-20-11-13-22(14-12-20)35-27(5,6)25(32)34-26(2,3)4/h8-15H,16-18H2,1-7H3. The third-order valence-electron chi connectivity index (χ3n) is 5.10. The molecule has 0 aliphatic carbocycles. The van der Waals surface area contributed by atoms with Gasteiger partial charge in [-0.2, -0.15) is 5.01 Å². The molecule has 0 radical (unpaired) electrons. The lowest BCUT2D eigenvalue weighted by Gasteiger charge is -2.28. The highest BCUT2D eigenvalue weighted by atomic mass is 32.2. The molecule has 1 amide bonds. The van der Waals surface area contributed by atoms with Crippen LogP contribution < -0.4 is 5.01 Å². The molecule has 188 valence electrons. The number of nitrogens with zero attached hydrogens (tertiary/aromatic N) is 3. The fourth-order valence-electron chi connectivity index (χ4n) is 3.44. The van der Waals surface area contributed by atoms with Gasteiger partial charge in [-0.1, -0.05) is 24.3 Å². The number of carbonyl (C=O) groups is 2. The Morgan fingerprint density at radius 1 is 1.11 bits per heavy atom. The first kappa shape index (κ1) is 26.8. The van der Waals surface area contributed by atoms with E-state index in [2.05, 4.69) is 22.1 Å². The lowest BCUT2D eigenvalue weighted by molar-refractivity contribution is -0.156. The predicted molar refractivity (Wildman–Crippen MR) is 141 cm³/mol. The van der Waals surface area contributed by atoms with Gasteiger partial charge in [-0.05, 0) is 84.0 Å². The number of aryl methyl sites for hydroxylation is 1. The first-order valence-electron chi connectivity index (χ1n) is 11.6. The average Bonchev–Trinajstić information content (AvgIpc) is 2.75. The van der Waals surface area contributed by atoms with Crippen LogP contribution in [0.15, 0.2) is 58.5 Å². The van der Waals surface area contributed by atoms with Crippen LogP contribution in [0.3, 0.4) is 0 Å². The Labute approximate surface area is 212 Å². The van der Waals surface area contributed by atoms with Crippen LogP contribution in [-0.2, 0) is 25.6 Å². The molecule has 1 aliphatic rings. The molecule has 0 bridgehead atoms. The number of hydrogen-bond donors (Lipinski definition) is 0. The summed E-state index contributed by atoms with van der Waals surface area (Å²) < 4.78 is 10.4. The summed E-state index contributed by atoms with van der Waals surface area (Å²) in [5.41, 5.74) is 2.41. The lowest BCUT2D eigenvalue weighted by atomic mass is 10.1. The Balaban J connectivity index is 1.59. The predicted octanol–water partition coefficient (Wildman–Crippen LogP) is 5.02. The van der Waals surface area contributed by atoms with Gasteiger partial charge < -0.3 is 9.47 Å². The van der Waals surface area contributed by atoms with Gasteiger partial charge in [-0.3, -0.25) is 14.5 Å². The van der Waals surface area contributed by atoms with Crippen molar-refractivity contribution in [3.63, 3.8) is 0 Å². The maximum atomic E-state index is 12.5. The van der Waals surface area contributed by atoms with Crippen LogP contribution in [0.5, 0.6) is 0 Å². The van der Waals surface area contributed by atoms with E-state index in [1.165, 1.54) is 16.8 Å². The van der Waals surface area contributed by atoms with Crippen LogP contribution in [0.2, 0.25) is 0 Å². The number of anilines is 1. The second-order valence-corrected chi connectivity index (χ2v) is 12.0. The largest absolute Gasteiger partial charge is 0.469 e. The van der Waals surface area contributed by atoms with Gasteiger partial charge in [0.05, 0.1) is 12.2 Å². The second-order valence-electron chi connectivity index (χ2n) is 10.3. The molecular weight excluding hydrogens is 462 g/mol. The number of carbonyl (C=O) groups excluding carboxylic acids is 2. The summed E-state index contributed by atoms with van der Waals surface area (Å²) in [7, 11) is 1.98. The van der Waals surface area contributed by atoms with E-state index >= 15 is 0 Å². The summed E-state index contributed by atoms with van der Waals surface area (Å²) in [6, 6.07) is 15.8. The van der Waals surface area contributed by atoms with Crippen LogP contribution in [0.1, 0.15) is 45.7 Å². The van der Waals surface area contributed by atoms with E-state index < -0.39 is 10.3 Å². The summed E-state index contributed by atoms with van der Waals surface area (Å²) in [4.78, 5) is 27.9. The minimum Gasteiger partial charge on any atom is -0.469 e. The summed E-state index contributed by atoms with van der Waals surface area (Å²) in [6.45, 7) is 12.5. The average molecular weight is 498 g/mol. The highest BCUT2D eigenvalue weighted by molar-refractivity contribution is 8.01. The quantitative estimate of drug-likeness (QED) is 0.377. The highest BCUT2D eigenvalue weighted by Crippen LogP contribution is 2.34. The first-order valence-corrected chi connectivity index (χ1v) is 12.4. The molecule has 8 heteroatoms. The number of hydrazone groups is 1. The number of ether oxygens (including phenoxy) is 2. The fourth-order valence-corrected chi connectivity index (χ4v) is 4.43. The van der Waals surface area contributed by atoms with Gasteiger partial charge in [0.1, 0.15) is 10.3 Å². The topological polar surface area (TPSA) is 71.4 Å². The second kappa shape index (κ2) is 10.8. The minimum absolute atomic E-state index is 0.0278. The molecule has 0 N–H and O–H groups in total. The van der Waals surface area contributed by atoms with Crippen molar-refractivity contribution >= 4 is 35.2 Å².